The average molecular weight is 180 g/mol. The summed E-state index contributed by atoms with van der Waals surface area (Å²) in [6.07, 6.45) is 1.68. The van der Waals surface area contributed by atoms with Crippen LogP contribution in [-0.2, 0) is 4.74 Å². The van der Waals surface area contributed by atoms with Gasteiger partial charge < -0.3 is 10.1 Å². The van der Waals surface area contributed by atoms with Crippen molar-refractivity contribution in [2.75, 3.05) is 19.7 Å². The van der Waals surface area contributed by atoms with Crippen molar-refractivity contribution in [1.29, 1.82) is 0 Å². The van der Waals surface area contributed by atoms with Crippen molar-refractivity contribution in [3.63, 3.8) is 0 Å². The molecule has 1 atom stereocenters. The van der Waals surface area contributed by atoms with E-state index >= 15 is 0 Å². The van der Waals surface area contributed by atoms with E-state index in [0.29, 0.717) is 12.0 Å². The third-order valence-electron chi connectivity index (χ3n) is 1.68. The van der Waals surface area contributed by atoms with Crippen LogP contribution in [0.5, 0.6) is 0 Å². The average Bonchev–Trinajstić information content (AvgIpc) is 2.34. The van der Waals surface area contributed by atoms with Crippen LogP contribution in [0.15, 0.2) is 0 Å². The highest BCUT2D eigenvalue weighted by atomic mass is 35.5. The van der Waals surface area contributed by atoms with Gasteiger partial charge in [-0.3, -0.25) is 0 Å². The largest absolute Gasteiger partial charge is 0.377 e. The van der Waals surface area contributed by atoms with Gasteiger partial charge in [-0.2, -0.15) is 0 Å². The van der Waals surface area contributed by atoms with E-state index in [1.54, 1.807) is 0 Å². The van der Waals surface area contributed by atoms with Crippen molar-refractivity contribution < 1.29 is 4.74 Å². The minimum Gasteiger partial charge on any atom is -0.377 e. The van der Waals surface area contributed by atoms with Crippen LogP contribution in [0.1, 0.15) is 20.3 Å². The highest BCUT2D eigenvalue weighted by Crippen LogP contribution is 2.04. The highest BCUT2D eigenvalue weighted by molar-refractivity contribution is 5.85. The van der Waals surface area contributed by atoms with E-state index in [9.17, 15) is 0 Å². The van der Waals surface area contributed by atoms with Crippen LogP contribution in [0.3, 0.4) is 0 Å². The Labute approximate surface area is 75.1 Å². The first kappa shape index (κ1) is 11.2. The summed E-state index contributed by atoms with van der Waals surface area (Å²) in [4.78, 5) is 0. The summed E-state index contributed by atoms with van der Waals surface area (Å²) in [5, 5.41) is 3.27. The second-order valence-electron chi connectivity index (χ2n) is 3.34. The van der Waals surface area contributed by atoms with E-state index in [1.807, 2.05) is 0 Å². The Morgan fingerprint density at radius 1 is 1.55 bits per heavy atom. The number of nitrogens with one attached hydrogen (secondary N) is 1. The van der Waals surface area contributed by atoms with Crippen LogP contribution in [0.2, 0.25) is 0 Å². The van der Waals surface area contributed by atoms with Gasteiger partial charge in [0.25, 0.3) is 0 Å². The number of rotatable bonds is 3. The minimum atomic E-state index is 0. The SMILES string of the molecule is CC(C)CO[C@@H]1CCNC1.Cl. The van der Waals surface area contributed by atoms with Gasteiger partial charge in [0.05, 0.1) is 6.10 Å². The van der Waals surface area contributed by atoms with Crippen LogP contribution < -0.4 is 5.32 Å². The fraction of sp³-hybridized carbons (Fsp3) is 1.00. The van der Waals surface area contributed by atoms with E-state index in [2.05, 4.69) is 19.2 Å². The third kappa shape index (κ3) is 4.62. The molecule has 1 heterocycles. The maximum atomic E-state index is 5.60. The van der Waals surface area contributed by atoms with Gasteiger partial charge in [-0.05, 0) is 18.9 Å². The third-order valence-corrected chi connectivity index (χ3v) is 1.68. The van der Waals surface area contributed by atoms with E-state index < -0.39 is 0 Å². The van der Waals surface area contributed by atoms with E-state index in [1.165, 1.54) is 6.42 Å². The van der Waals surface area contributed by atoms with Crippen molar-refractivity contribution in [2.24, 2.45) is 5.92 Å². The molecule has 0 aromatic rings. The van der Waals surface area contributed by atoms with Gasteiger partial charge >= 0.3 is 0 Å². The molecule has 0 amide bonds. The smallest absolute Gasteiger partial charge is 0.0711 e. The molecule has 1 aliphatic heterocycles. The number of ether oxygens (including phenoxy) is 1. The van der Waals surface area contributed by atoms with Gasteiger partial charge in [0.1, 0.15) is 0 Å². The Bertz CT molecular complexity index is 92.1. The Kier molecular flexibility index (Phi) is 5.92. The van der Waals surface area contributed by atoms with Gasteiger partial charge in [-0.15, -0.1) is 12.4 Å². The molecule has 68 valence electrons. The van der Waals surface area contributed by atoms with Crippen molar-refractivity contribution in [2.45, 2.75) is 26.4 Å². The quantitative estimate of drug-likeness (QED) is 0.708. The normalized spacial score (nSPS) is 23.7. The maximum absolute atomic E-state index is 5.60. The molecule has 1 rings (SSSR count). The minimum absolute atomic E-state index is 0. The molecular weight excluding hydrogens is 162 g/mol. The zero-order valence-electron chi connectivity index (χ0n) is 7.30. The molecule has 1 saturated heterocycles. The van der Waals surface area contributed by atoms with Gasteiger partial charge in [-0.1, -0.05) is 13.8 Å². The molecule has 0 saturated carbocycles. The zero-order chi connectivity index (χ0) is 7.40. The molecule has 0 aromatic carbocycles. The monoisotopic (exact) mass is 179 g/mol. The summed E-state index contributed by atoms with van der Waals surface area (Å²) in [6.45, 7) is 7.45. The van der Waals surface area contributed by atoms with Gasteiger partial charge in [-0.25, -0.2) is 0 Å². The Morgan fingerprint density at radius 3 is 2.73 bits per heavy atom. The topological polar surface area (TPSA) is 21.3 Å². The first-order valence-corrected chi connectivity index (χ1v) is 4.11. The molecule has 0 spiro atoms. The summed E-state index contributed by atoms with van der Waals surface area (Å²) in [5.41, 5.74) is 0. The second kappa shape index (κ2) is 5.81. The number of hydrogen-bond acceptors (Lipinski definition) is 2. The second-order valence-corrected chi connectivity index (χ2v) is 3.34. The lowest BCUT2D eigenvalue weighted by molar-refractivity contribution is 0.0486. The zero-order valence-corrected chi connectivity index (χ0v) is 8.12. The van der Waals surface area contributed by atoms with Gasteiger partial charge in [0, 0.05) is 13.2 Å². The molecular formula is C8H18ClNO. The van der Waals surface area contributed by atoms with Crippen LogP contribution in [0, 0.1) is 5.92 Å². The summed E-state index contributed by atoms with van der Waals surface area (Å²) in [6, 6.07) is 0. The van der Waals surface area contributed by atoms with E-state index in [0.717, 1.165) is 19.7 Å². The molecule has 3 heteroatoms. The van der Waals surface area contributed by atoms with E-state index in [-0.39, 0.29) is 12.4 Å². The van der Waals surface area contributed by atoms with Crippen LogP contribution in [0.25, 0.3) is 0 Å². The first-order chi connectivity index (χ1) is 4.79. The lowest BCUT2D eigenvalue weighted by atomic mass is 10.2. The lowest BCUT2D eigenvalue weighted by Crippen LogP contribution is -2.18. The molecule has 1 aliphatic rings. The molecule has 0 radical (unpaired) electrons. The summed E-state index contributed by atoms with van der Waals surface area (Å²) in [5.74, 6) is 0.667. The molecule has 0 bridgehead atoms. The van der Waals surface area contributed by atoms with E-state index in [4.69, 9.17) is 4.74 Å². The van der Waals surface area contributed by atoms with Crippen LogP contribution in [0.4, 0.5) is 0 Å². The Balaban J connectivity index is 0.000001000. The predicted octanol–water partition coefficient (Wildman–Crippen LogP) is 1.44. The van der Waals surface area contributed by atoms with Crippen molar-refractivity contribution in [1.82, 2.24) is 5.32 Å². The molecule has 0 unspecified atom stereocenters. The highest BCUT2D eigenvalue weighted by Gasteiger charge is 2.14. The van der Waals surface area contributed by atoms with Crippen LogP contribution >= 0.6 is 12.4 Å². The van der Waals surface area contributed by atoms with Gasteiger partial charge in [0.15, 0.2) is 0 Å². The van der Waals surface area contributed by atoms with Crippen molar-refractivity contribution in [3.8, 4) is 0 Å². The first-order valence-electron chi connectivity index (χ1n) is 4.11. The fourth-order valence-electron chi connectivity index (χ4n) is 1.10. The summed E-state index contributed by atoms with van der Waals surface area (Å²) < 4.78 is 5.60. The van der Waals surface area contributed by atoms with Crippen molar-refractivity contribution in [3.05, 3.63) is 0 Å². The molecule has 0 aliphatic carbocycles. The summed E-state index contributed by atoms with van der Waals surface area (Å²) in [7, 11) is 0. The molecule has 11 heavy (non-hydrogen) atoms. The van der Waals surface area contributed by atoms with Crippen LogP contribution in [-0.4, -0.2) is 25.8 Å². The Morgan fingerprint density at radius 2 is 2.27 bits per heavy atom. The van der Waals surface area contributed by atoms with Gasteiger partial charge in [0.2, 0.25) is 0 Å². The maximum Gasteiger partial charge on any atom is 0.0711 e. The fourth-order valence-corrected chi connectivity index (χ4v) is 1.10. The molecule has 1 N–H and O–H groups in total. The predicted molar refractivity (Wildman–Crippen MR) is 49.3 cm³/mol. The number of hydrogen-bond donors (Lipinski definition) is 1. The standard InChI is InChI=1S/C8H17NO.ClH/c1-7(2)6-10-8-3-4-9-5-8;/h7-9H,3-6H2,1-2H3;1H/t8-;/m1./s1. The van der Waals surface area contributed by atoms with Crippen molar-refractivity contribution >= 4 is 12.4 Å². The molecule has 1 fully saturated rings. The molecule has 2 nitrogen and oxygen atoms in total. The Hall–Kier alpha value is 0.210. The lowest BCUT2D eigenvalue weighted by Gasteiger charge is -2.11. The molecule has 0 aromatic heterocycles. The summed E-state index contributed by atoms with van der Waals surface area (Å²) >= 11 is 0. The number of halogens is 1.